The molecule has 1 amide bonds. The van der Waals surface area contributed by atoms with E-state index in [0.29, 0.717) is 35.0 Å². The highest BCUT2D eigenvalue weighted by Gasteiger charge is 2.21. The Morgan fingerprint density at radius 3 is 2.68 bits per heavy atom. The first-order valence-corrected chi connectivity index (χ1v) is 11.7. The van der Waals surface area contributed by atoms with Crippen LogP contribution < -0.4 is 16.6 Å². The van der Waals surface area contributed by atoms with Gasteiger partial charge in [-0.3, -0.25) is 14.2 Å². The van der Waals surface area contributed by atoms with Crippen molar-refractivity contribution in [3.05, 3.63) is 80.2 Å². The van der Waals surface area contributed by atoms with Crippen LogP contribution >= 0.6 is 0 Å². The molecule has 0 bridgehead atoms. The third-order valence-electron chi connectivity index (χ3n) is 6.40. The average molecular weight is 464 g/mol. The van der Waals surface area contributed by atoms with Crippen molar-refractivity contribution < 1.29 is 9.18 Å². The number of carbonyl (C=O) groups is 1. The lowest BCUT2D eigenvalue weighted by Gasteiger charge is -2.13. The molecule has 1 aliphatic carbocycles. The molecule has 9 heteroatoms. The summed E-state index contributed by atoms with van der Waals surface area (Å²) < 4.78 is 17.7. The van der Waals surface area contributed by atoms with Gasteiger partial charge in [0.2, 0.25) is 5.78 Å². The summed E-state index contributed by atoms with van der Waals surface area (Å²) in [5.41, 5.74) is 0.577. The zero-order valence-electron chi connectivity index (χ0n) is 19.0. The highest BCUT2D eigenvalue weighted by atomic mass is 19.1. The summed E-state index contributed by atoms with van der Waals surface area (Å²) in [5, 5.41) is 7.82. The predicted molar refractivity (Wildman–Crippen MR) is 127 cm³/mol. The maximum atomic E-state index is 13.7. The van der Waals surface area contributed by atoms with Crippen LogP contribution in [-0.2, 0) is 13.1 Å². The Morgan fingerprint density at radius 1 is 1.15 bits per heavy atom. The molecule has 1 aliphatic rings. The summed E-state index contributed by atoms with van der Waals surface area (Å²) in [4.78, 5) is 39.5. The molecule has 2 aromatic carbocycles. The topological polar surface area (TPSA) is 90.4 Å². The molecule has 0 unspecified atom stereocenters. The second-order valence-corrected chi connectivity index (χ2v) is 8.85. The molecule has 1 saturated carbocycles. The summed E-state index contributed by atoms with van der Waals surface area (Å²) in [7, 11) is 0. The van der Waals surface area contributed by atoms with Gasteiger partial charge in [0.25, 0.3) is 11.5 Å². The van der Waals surface area contributed by atoms with Gasteiger partial charge in [-0.05, 0) is 55.2 Å². The first-order chi connectivity index (χ1) is 16.5. The third-order valence-corrected chi connectivity index (χ3v) is 6.40. The summed E-state index contributed by atoms with van der Waals surface area (Å²) >= 11 is 0. The number of amides is 1. The van der Waals surface area contributed by atoms with Gasteiger partial charge in [-0.1, -0.05) is 31.9 Å². The minimum Gasteiger partial charge on any atom is -0.349 e. The number of rotatable bonds is 6. The number of fused-ring (bicyclic) bond motifs is 3. The molecule has 1 fully saturated rings. The lowest BCUT2D eigenvalue weighted by molar-refractivity contribution is 0.0938. The molecule has 1 N–H and O–H groups in total. The monoisotopic (exact) mass is 463 g/mol. The molecular formula is C25H26FN5O3. The van der Waals surface area contributed by atoms with Crippen molar-refractivity contribution in [2.24, 2.45) is 0 Å². The van der Waals surface area contributed by atoms with Gasteiger partial charge >= 0.3 is 5.69 Å². The van der Waals surface area contributed by atoms with Gasteiger partial charge in [0.1, 0.15) is 5.82 Å². The Labute approximate surface area is 194 Å². The van der Waals surface area contributed by atoms with Crippen LogP contribution in [0.2, 0.25) is 0 Å². The lowest BCUT2D eigenvalue weighted by atomic mass is 10.1. The van der Waals surface area contributed by atoms with Gasteiger partial charge in [-0.15, -0.1) is 5.10 Å². The van der Waals surface area contributed by atoms with Crippen molar-refractivity contribution in [3.63, 3.8) is 0 Å². The maximum Gasteiger partial charge on any atom is 0.352 e. The van der Waals surface area contributed by atoms with E-state index in [-0.39, 0.29) is 29.8 Å². The molecule has 5 rings (SSSR count). The number of aromatic nitrogens is 4. The van der Waals surface area contributed by atoms with E-state index in [4.69, 9.17) is 0 Å². The highest BCUT2D eigenvalue weighted by molar-refractivity contribution is 5.98. The van der Waals surface area contributed by atoms with Gasteiger partial charge in [-0.2, -0.15) is 0 Å². The fourth-order valence-corrected chi connectivity index (χ4v) is 4.73. The first-order valence-electron chi connectivity index (χ1n) is 11.7. The van der Waals surface area contributed by atoms with Gasteiger partial charge in [0.05, 0.1) is 17.4 Å². The first kappa shape index (κ1) is 22.1. The van der Waals surface area contributed by atoms with Crippen LogP contribution in [0.25, 0.3) is 16.7 Å². The number of aryl methyl sites for hydroxylation is 1. The summed E-state index contributed by atoms with van der Waals surface area (Å²) in [6, 6.07) is 10.9. The molecule has 8 nitrogen and oxygen atoms in total. The highest BCUT2D eigenvalue weighted by Crippen LogP contribution is 2.19. The minimum atomic E-state index is -0.456. The van der Waals surface area contributed by atoms with Crippen LogP contribution in [0, 0.1) is 5.82 Å². The summed E-state index contributed by atoms with van der Waals surface area (Å²) in [6.45, 7) is 2.38. The van der Waals surface area contributed by atoms with Crippen molar-refractivity contribution in [3.8, 4) is 0 Å². The van der Waals surface area contributed by atoms with Crippen LogP contribution in [0.15, 0.2) is 52.1 Å². The van der Waals surface area contributed by atoms with Crippen LogP contribution in [0.5, 0.6) is 0 Å². The molecule has 0 atom stereocenters. The standard InChI is InChI=1S/C25H26FN5O3/c1-2-12-29-23(33)20-11-10-17(22(32)27-19-8-3-4-9-19)14-21(20)31-24(29)28-30(25(31)34)15-16-6-5-7-18(26)13-16/h5-7,10-11,13-14,19H,2-4,8-9,12,15H2,1H3,(H,27,32). The number of carbonyl (C=O) groups excluding carboxylic acids is 1. The quantitative estimate of drug-likeness (QED) is 0.476. The minimum absolute atomic E-state index is 0.0575. The number of hydrogen-bond donors (Lipinski definition) is 1. The van der Waals surface area contributed by atoms with Crippen LogP contribution in [0.1, 0.15) is 54.9 Å². The summed E-state index contributed by atoms with van der Waals surface area (Å²) in [6.07, 6.45) is 4.78. The fraction of sp³-hybridized carbons (Fsp3) is 0.360. The van der Waals surface area contributed by atoms with E-state index in [9.17, 15) is 18.8 Å². The molecule has 34 heavy (non-hydrogen) atoms. The SMILES string of the molecule is CCCn1c(=O)c2ccc(C(=O)NC3CCCC3)cc2n2c(=O)n(Cc3cccc(F)c3)nc12. The van der Waals surface area contributed by atoms with E-state index < -0.39 is 11.5 Å². The number of hydrogen-bond acceptors (Lipinski definition) is 4. The van der Waals surface area contributed by atoms with Crippen molar-refractivity contribution in [1.82, 2.24) is 24.1 Å². The normalized spacial score (nSPS) is 14.3. The van der Waals surface area contributed by atoms with Crippen molar-refractivity contribution in [1.29, 1.82) is 0 Å². The number of nitrogens with one attached hydrogen (secondary N) is 1. The second-order valence-electron chi connectivity index (χ2n) is 8.85. The van der Waals surface area contributed by atoms with E-state index in [0.717, 1.165) is 25.7 Å². The van der Waals surface area contributed by atoms with Gasteiger partial charge in [0.15, 0.2) is 0 Å². The molecule has 2 heterocycles. The maximum absolute atomic E-state index is 13.7. The molecule has 0 aliphatic heterocycles. The zero-order valence-corrected chi connectivity index (χ0v) is 19.0. The second kappa shape index (κ2) is 8.89. The molecule has 176 valence electrons. The Morgan fingerprint density at radius 2 is 1.94 bits per heavy atom. The Hall–Kier alpha value is -3.75. The van der Waals surface area contributed by atoms with E-state index >= 15 is 0 Å². The molecule has 0 saturated heterocycles. The Bertz CT molecular complexity index is 1510. The molecule has 0 spiro atoms. The smallest absolute Gasteiger partial charge is 0.349 e. The third kappa shape index (κ3) is 3.91. The summed E-state index contributed by atoms with van der Waals surface area (Å²) in [5.74, 6) is -0.422. The van der Waals surface area contributed by atoms with Gasteiger partial charge in [-0.25, -0.2) is 18.3 Å². The van der Waals surface area contributed by atoms with E-state index in [2.05, 4.69) is 10.4 Å². The van der Waals surface area contributed by atoms with Crippen molar-refractivity contribution >= 4 is 22.6 Å². The van der Waals surface area contributed by atoms with E-state index in [1.165, 1.54) is 25.8 Å². The van der Waals surface area contributed by atoms with Crippen molar-refractivity contribution in [2.45, 2.75) is 58.2 Å². The largest absolute Gasteiger partial charge is 0.352 e. The van der Waals surface area contributed by atoms with Crippen LogP contribution in [-0.4, -0.2) is 30.7 Å². The van der Waals surface area contributed by atoms with Crippen LogP contribution in [0.4, 0.5) is 4.39 Å². The molecular weight excluding hydrogens is 437 g/mol. The zero-order chi connectivity index (χ0) is 23.8. The number of benzene rings is 2. The van der Waals surface area contributed by atoms with E-state index in [1.54, 1.807) is 30.3 Å². The molecule has 4 aromatic rings. The Kier molecular flexibility index (Phi) is 5.77. The molecule has 2 aromatic heterocycles. The molecule has 0 radical (unpaired) electrons. The van der Waals surface area contributed by atoms with Gasteiger partial charge in [0, 0.05) is 18.2 Å². The Balaban J connectivity index is 1.67. The number of nitrogens with zero attached hydrogens (tertiary/aromatic N) is 4. The van der Waals surface area contributed by atoms with Crippen molar-refractivity contribution in [2.75, 3.05) is 0 Å². The lowest BCUT2D eigenvalue weighted by Crippen LogP contribution is -2.32. The van der Waals surface area contributed by atoms with E-state index in [1.807, 2.05) is 6.92 Å². The van der Waals surface area contributed by atoms with Gasteiger partial charge < -0.3 is 5.32 Å². The average Bonchev–Trinajstić information content (AvgIpc) is 3.44. The predicted octanol–water partition coefficient (Wildman–Crippen LogP) is 3.08. The number of halogens is 1. The fourth-order valence-electron chi connectivity index (χ4n) is 4.73. The van der Waals surface area contributed by atoms with Crippen LogP contribution in [0.3, 0.4) is 0 Å².